The van der Waals surface area contributed by atoms with Gasteiger partial charge >= 0.3 is 0 Å². The first kappa shape index (κ1) is 13.9. The molecule has 0 bridgehead atoms. The number of ether oxygens (including phenoxy) is 2. The minimum Gasteiger partial charge on any atom is -0.490 e. The van der Waals surface area contributed by atoms with Crippen molar-refractivity contribution in [2.45, 2.75) is 32.4 Å². The molecule has 0 aromatic heterocycles. The Bertz CT molecular complexity index is 355. The summed E-state index contributed by atoms with van der Waals surface area (Å²) < 4.78 is 23.8. The number of benzene rings is 1. The van der Waals surface area contributed by atoms with E-state index in [9.17, 15) is 4.39 Å². The van der Waals surface area contributed by atoms with Crippen molar-refractivity contribution in [3.63, 3.8) is 0 Å². The standard InChI is InChI=1S/C13H20FNO2/c1-9(6-7-16-3)17-13-5-4-11(14)8-12(13)10(2)15/h4-5,8-10H,6-7,15H2,1-3H3. The molecule has 3 nitrogen and oxygen atoms in total. The van der Waals surface area contributed by atoms with Crippen molar-refractivity contribution in [2.24, 2.45) is 5.73 Å². The SMILES string of the molecule is COCCC(C)Oc1ccc(F)cc1C(C)N. The Morgan fingerprint density at radius 1 is 1.35 bits per heavy atom. The lowest BCUT2D eigenvalue weighted by Gasteiger charge is -2.18. The zero-order valence-electron chi connectivity index (χ0n) is 10.6. The highest BCUT2D eigenvalue weighted by Crippen LogP contribution is 2.26. The molecule has 1 aromatic rings. The monoisotopic (exact) mass is 241 g/mol. The molecule has 0 saturated carbocycles. The first-order valence-electron chi connectivity index (χ1n) is 5.75. The van der Waals surface area contributed by atoms with E-state index in [2.05, 4.69) is 0 Å². The second-order valence-corrected chi connectivity index (χ2v) is 4.18. The van der Waals surface area contributed by atoms with Crippen LogP contribution in [0.1, 0.15) is 31.9 Å². The Morgan fingerprint density at radius 2 is 2.06 bits per heavy atom. The first-order valence-corrected chi connectivity index (χ1v) is 5.75. The van der Waals surface area contributed by atoms with Crippen LogP contribution in [0.15, 0.2) is 18.2 Å². The zero-order chi connectivity index (χ0) is 12.8. The van der Waals surface area contributed by atoms with E-state index in [4.69, 9.17) is 15.2 Å². The maximum Gasteiger partial charge on any atom is 0.124 e. The van der Waals surface area contributed by atoms with Crippen LogP contribution < -0.4 is 10.5 Å². The van der Waals surface area contributed by atoms with Gasteiger partial charge in [0.2, 0.25) is 0 Å². The van der Waals surface area contributed by atoms with Crippen molar-refractivity contribution in [1.82, 2.24) is 0 Å². The molecule has 2 unspecified atom stereocenters. The number of nitrogens with two attached hydrogens (primary N) is 1. The van der Waals surface area contributed by atoms with Crippen LogP contribution in [-0.4, -0.2) is 19.8 Å². The summed E-state index contributed by atoms with van der Waals surface area (Å²) in [6.07, 6.45) is 0.796. The van der Waals surface area contributed by atoms with Gasteiger partial charge in [-0.1, -0.05) is 0 Å². The molecule has 0 aliphatic rings. The average Bonchev–Trinajstić information content (AvgIpc) is 2.28. The highest BCUT2D eigenvalue weighted by molar-refractivity contribution is 5.36. The lowest BCUT2D eigenvalue weighted by atomic mass is 10.1. The van der Waals surface area contributed by atoms with Crippen molar-refractivity contribution in [3.8, 4) is 5.75 Å². The zero-order valence-corrected chi connectivity index (χ0v) is 10.6. The Morgan fingerprint density at radius 3 is 2.65 bits per heavy atom. The molecule has 0 aliphatic carbocycles. The van der Waals surface area contributed by atoms with Gasteiger partial charge < -0.3 is 15.2 Å². The molecule has 2 atom stereocenters. The Kier molecular flexibility index (Phi) is 5.38. The van der Waals surface area contributed by atoms with Crippen LogP contribution in [0.5, 0.6) is 5.75 Å². The van der Waals surface area contributed by atoms with Gasteiger partial charge in [-0.25, -0.2) is 4.39 Å². The van der Waals surface area contributed by atoms with Crippen LogP contribution in [0.3, 0.4) is 0 Å². The van der Waals surface area contributed by atoms with Gasteiger partial charge in [0.1, 0.15) is 11.6 Å². The number of halogens is 1. The molecule has 0 radical (unpaired) electrons. The predicted molar refractivity (Wildman–Crippen MR) is 65.6 cm³/mol. The first-order chi connectivity index (χ1) is 8.04. The predicted octanol–water partition coefficient (Wildman–Crippen LogP) is 2.65. The van der Waals surface area contributed by atoms with Gasteiger partial charge in [0.25, 0.3) is 0 Å². The van der Waals surface area contributed by atoms with E-state index >= 15 is 0 Å². The van der Waals surface area contributed by atoms with E-state index in [0.717, 1.165) is 6.42 Å². The third kappa shape index (κ3) is 4.32. The number of rotatable bonds is 6. The molecule has 2 N–H and O–H groups in total. The molecule has 0 aliphatic heterocycles. The highest BCUT2D eigenvalue weighted by atomic mass is 19.1. The summed E-state index contributed by atoms with van der Waals surface area (Å²) in [5.41, 5.74) is 6.48. The van der Waals surface area contributed by atoms with Gasteiger partial charge in [0.05, 0.1) is 6.10 Å². The lowest BCUT2D eigenvalue weighted by Crippen LogP contribution is -2.17. The fourth-order valence-electron chi connectivity index (χ4n) is 1.54. The third-order valence-electron chi connectivity index (χ3n) is 2.52. The van der Waals surface area contributed by atoms with Crippen molar-refractivity contribution in [2.75, 3.05) is 13.7 Å². The van der Waals surface area contributed by atoms with E-state index in [-0.39, 0.29) is 18.0 Å². The van der Waals surface area contributed by atoms with E-state index in [1.807, 2.05) is 6.92 Å². The quantitative estimate of drug-likeness (QED) is 0.832. The van der Waals surface area contributed by atoms with E-state index in [1.54, 1.807) is 20.1 Å². The molecular formula is C13H20FNO2. The molecule has 17 heavy (non-hydrogen) atoms. The van der Waals surface area contributed by atoms with Gasteiger partial charge in [0, 0.05) is 31.7 Å². The topological polar surface area (TPSA) is 44.5 Å². The Balaban J connectivity index is 2.76. The normalized spacial score (nSPS) is 14.4. The van der Waals surface area contributed by atoms with Crippen LogP contribution >= 0.6 is 0 Å². The van der Waals surface area contributed by atoms with Crippen LogP contribution in [0.25, 0.3) is 0 Å². The van der Waals surface area contributed by atoms with Crippen molar-refractivity contribution < 1.29 is 13.9 Å². The van der Waals surface area contributed by atoms with Gasteiger partial charge in [-0.05, 0) is 32.0 Å². The molecule has 1 aromatic carbocycles. The van der Waals surface area contributed by atoms with Gasteiger partial charge in [-0.15, -0.1) is 0 Å². The minimum absolute atomic E-state index is 0.0120. The number of hydrogen-bond acceptors (Lipinski definition) is 3. The fraction of sp³-hybridized carbons (Fsp3) is 0.538. The van der Waals surface area contributed by atoms with E-state index in [0.29, 0.717) is 17.9 Å². The maximum atomic E-state index is 13.1. The second-order valence-electron chi connectivity index (χ2n) is 4.18. The molecule has 0 fully saturated rings. The Labute approximate surface area is 102 Å². The summed E-state index contributed by atoms with van der Waals surface area (Å²) >= 11 is 0. The van der Waals surface area contributed by atoms with Gasteiger partial charge in [0.15, 0.2) is 0 Å². The summed E-state index contributed by atoms with van der Waals surface area (Å²) in [4.78, 5) is 0. The third-order valence-corrected chi connectivity index (χ3v) is 2.52. The molecule has 0 amide bonds. The molecule has 1 rings (SSSR count). The smallest absolute Gasteiger partial charge is 0.124 e. The van der Waals surface area contributed by atoms with Crippen molar-refractivity contribution in [3.05, 3.63) is 29.6 Å². The van der Waals surface area contributed by atoms with E-state index in [1.165, 1.54) is 12.1 Å². The number of hydrogen-bond donors (Lipinski definition) is 1. The van der Waals surface area contributed by atoms with Crippen molar-refractivity contribution in [1.29, 1.82) is 0 Å². The van der Waals surface area contributed by atoms with E-state index < -0.39 is 0 Å². The van der Waals surface area contributed by atoms with Gasteiger partial charge in [-0.3, -0.25) is 0 Å². The largest absolute Gasteiger partial charge is 0.490 e. The van der Waals surface area contributed by atoms with Crippen LogP contribution in [-0.2, 0) is 4.74 Å². The minimum atomic E-state index is -0.297. The molecular weight excluding hydrogens is 221 g/mol. The highest BCUT2D eigenvalue weighted by Gasteiger charge is 2.12. The van der Waals surface area contributed by atoms with Crippen LogP contribution in [0.4, 0.5) is 4.39 Å². The maximum absolute atomic E-state index is 13.1. The summed E-state index contributed by atoms with van der Waals surface area (Å²) in [6.45, 7) is 4.39. The van der Waals surface area contributed by atoms with Crippen LogP contribution in [0, 0.1) is 5.82 Å². The second kappa shape index (κ2) is 6.57. The van der Waals surface area contributed by atoms with Gasteiger partial charge in [-0.2, -0.15) is 0 Å². The molecule has 0 saturated heterocycles. The summed E-state index contributed by atoms with van der Waals surface area (Å²) in [7, 11) is 1.65. The molecule has 96 valence electrons. The fourth-order valence-corrected chi connectivity index (χ4v) is 1.54. The Hall–Kier alpha value is -1.13. The molecule has 0 heterocycles. The van der Waals surface area contributed by atoms with Crippen molar-refractivity contribution >= 4 is 0 Å². The summed E-state index contributed by atoms with van der Waals surface area (Å²) in [5.74, 6) is 0.346. The lowest BCUT2D eigenvalue weighted by molar-refractivity contribution is 0.134. The summed E-state index contributed by atoms with van der Waals surface area (Å²) in [6, 6.07) is 4.17. The molecule has 0 spiro atoms. The number of methoxy groups -OCH3 is 1. The average molecular weight is 241 g/mol. The molecule has 4 heteroatoms. The van der Waals surface area contributed by atoms with Crippen LogP contribution in [0.2, 0.25) is 0 Å². The summed E-state index contributed by atoms with van der Waals surface area (Å²) in [5, 5.41) is 0.